The molecule has 7 nitrogen and oxygen atoms in total. The monoisotopic (exact) mass is 405 g/mol. The first-order valence-electron chi connectivity index (χ1n) is 10.2. The number of rotatable bonds is 3. The van der Waals surface area contributed by atoms with Gasteiger partial charge in [0.25, 0.3) is 10.2 Å². The number of carbonyl (C=O) groups is 1. The lowest BCUT2D eigenvalue weighted by molar-refractivity contribution is -0.138. The van der Waals surface area contributed by atoms with Crippen LogP contribution in [0.2, 0.25) is 0 Å². The molecule has 1 aromatic carbocycles. The predicted molar refractivity (Wildman–Crippen MR) is 103 cm³/mol. The van der Waals surface area contributed by atoms with Crippen molar-refractivity contribution in [1.82, 2.24) is 13.5 Å². The molecule has 1 spiro atoms. The molecule has 0 bridgehead atoms. The van der Waals surface area contributed by atoms with Crippen LogP contribution in [-0.2, 0) is 19.7 Å². The first-order valence-corrected chi connectivity index (χ1v) is 11.6. The highest BCUT2D eigenvalue weighted by Gasteiger charge is 2.66. The average molecular weight is 406 g/mol. The van der Waals surface area contributed by atoms with E-state index in [2.05, 4.69) is 6.92 Å². The number of benzene rings is 1. The molecule has 0 unspecified atom stereocenters. The van der Waals surface area contributed by atoms with Gasteiger partial charge in [-0.05, 0) is 24.3 Å². The molecule has 3 atom stereocenters. The van der Waals surface area contributed by atoms with Gasteiger partial charge in [-0.25, -0.2) is 0 Å². The van der Waals surface area contributed by atoms with Crippen molar-refractivity contribution in [2.24, 2.45) is 5.92 Å². The van der Waals surface area contributed by atoms with Gasteiger partial charge in [-0.15, -0.1) is 0 Å². The fraction of sp³-hybridized carbons (Fsp3) is 0.650. The minimum Gasteiger partial charge on any atom is -0.344 e. The summed E-state index contributed by atoms with van der Waals surface area (Å²) in [7, 11) is -3.58. The summed E-state index contributed by atoms with van der Waals surface area (Å²) in [5.41, 5.74) is 0.220. The van der Waals surface area contributed by atoms with Gasteiger partial charge >= 0.3 is 0 Å². The predicted octanol–water partition coefficient (Wildman–Crippen LogP) is 1.74. The highest BCUT2D eigenvalue weighted by atomic mass is 32.2. The van der Waals surface area contributed by atoms with Crippen LogP contribution >= 0.6 is 0 Å². The normalized spacial score (nSPS) is 34.8. The van der Waals surface area contributed by atoms with Crippen molar-refractivity contribution >= 4 is 16.1 Å². The molecule has 4 heterocycles. The average Bonchev–Trinajstić information content (AvgIpc) is 3.31. The summed E-state index contributed by atoms with van der Waals surface area (Å²) in [4.78, 5) is 14.5. The number of amides is 1. The Morgan fingerprint density at radius 1 is 1.11 bits per heavy atom. The molecule has 4 fully saturated rings. The molecule has 0 saturated carbocycles. The van der Waals surface area contributed by atoms with Crippen molar-refractivity contribution < 1.29 is 17.9 Å². The Bertz CT molecular complexity index is 869. The Morgan fingerprint density at radius 3 is 2.54 bits per heavy atom. The van der Waals surface area contributed by atoms with Crippen LogP contribution in [0.25, 0.3) is 0 Å². The molecule has 1 aromatic rings. The summed E-state index contributed by atoms with van der Waals surface area (Å²) in [6.45, 7) is 4.19. The molecular weight excluding hydrogens is 378 g/mol. The van der Waals surface area contributed by atoms with Crippen LogP contribution < -0.4 is 0 Å². The summed E-state index contributed by atoms with van der Waals surface area (Å²) >= 11 is 0. The van der Waals surface area contributed by atoms with E-state index in [1.54, 1.807) is 13.5 Å². The van der Waals surface area contributed by atoms with Crippen molar-refractivity contribution in [3.05, 3.63) is 35.9 Å². The molecule has 5 rings (SSSR count). The Hall–Kier alpha value is -1.48. The van der Waals surface area contributed by atoms with Gasteiger partial charge in [0.15, 0.2) is 5.72 Å². The summed E-state index contributed by atoms with van der Waals surface area (Å²) < 4.78 is 36.3. The quantitative estimate of drug-likeness (QED) is 0.768. The first-order chi connectivity index (χ1) is 13.4. The molecule has 0 aromatic heterocycles. The van der Waals surface area contributed by atoms with Gasteiger partial charge in [0.2, 0.25) is 5.91 Å². The van der Waals surface area contributed by atoms with Crippen LogP contribution in [0.3, 0.4) is 0 Å². The zero-order valence-corrected chi connectivity index (χ0v) is 17.0. The van der Waals surface area contributed by atoms with Gasteiger partial charge in [0.05, 0.1) is 12.6 Å². The Balaban J connectivity index is 1.42. The van der Waals surface area contributed by atoms with Crippen LogP contribution in [0.4, 0.5) is 0 Å². The second kappa shape index (κ2) is 6.52. The maximum Gasteiger partial charge on any atom is 0.282 e. The zero-order valence-electron chi connectivity index (χ0n) is 16.2. The van der Waals surface area contributed by atoms with Crippen LogP contribution in [0.15, 0.2) is 30.3 Å². The van der Waals surface area contributed by atoms with E-state index in [1.165, 1.54) is 0 Å². The molecule has 152 valence electrons. The van der Waals surface area contributed by atoms with E-state index in [0.29, 0.717) is 38.5 Å². The molecule has 0 aliphatic carbocycles. The maximum absolute atomic E-state index is 13.3. The molecule has 0 N–H and O–H groups in total. The molecule has 4 saturated heterocycles. The topological polar surface area (TPSA) is 70.2 Å². The van der Waals surface area contributed by atoms with Crippen molar-refractivity contribution in [1.29, 1.82) is 0 Å². The third-order valence-electron chi connectivity index (χ3n) is 6.92. The second-order valence-electron chi connectivity index (χ2n) is 8.54. The van der Waals surface area contributed by atoms with E-state index < -0.39 is 22.0 Å². The van der Waals surface area contributed by atoms with Gasteiger partial charge in [0.1, 0.15) is 6.10 Å². The molecule has 0 radical (unpaired) electrons. The Kier molecular flexibility index (Phi) is 4.32. The van der Waals surface area contributed by atoms with Crippen LogP contribution in [0, 0.1) is 5.92 Å². The highest BCUT2D eigenvalue weighted by Crippen LogP contribution is 2.51. The molecule has 1 amide bonds. The van der Waals surface area contributed by atoms with Crippen LogP contribution in [0.1, 0.15) is 44.3 Å². The molecule has 4 aliphatic rings. The fourth-order valence-electron chi connectivity index (χ4n) is 5.27. The van der Waals surface area contributed by atoms with Gasteiger partial charge in [-0.1, -0.05) is 37.3 Å². The fourth-order valence-corrected chi connectivity index (χ4v) is 7.12. The van der Waals surface area contributed by atoms with Gasteiger partial charge in [-0.2, -0.15) is 17.0 Å². The lowest BCUT2D eigenvalue weighted by Gasteiger charge is -2.36. The summed E-state index contributed by atoms with van der Waals surface area (Å²) in [6.07, 6.45) is 2.33. The standard InChI is InChI=1S/C20H27N3O4S/c1-15-7-10-21(11-8-15)28(25,26)23-12-9-20-18(23)13-19(24)22(20)14-17(27-20)16-5-3-2-4-6-16/h2-6,15,17-18H,7-14H2,1H3/t17-,18-,20+/m1/s1. The number of nitrogens with zero attached hydrogens (tertiary/aromatic N) is 3. The second-order valence-corrected chi connectivity index (χ2v) is 10.4. The van der Waals surface area contributed by atoms with Gasteiger partial charge in [-0.3, -0.25) is 4.79 Å². The number of hydrogen-bond donors (Lipinski definition) is 0. The molecule has 4 aliphatic heterocycles. The van der Waals surface area contributed by atoms with E-state index in [1.807, 2.05) is 30.3 Å². The molecule has 28 heavy (non-hydrogen) atoms. The Labute approximate surface area is 166 Å². The van der Waals surface area contributed by atoms with E-state index in [-0.39, 0.29) is 18.4 Å². The number of carbonyl (C=O) groups excluding carboxylic acids is 1. The van der Waals surface area contributed by atoms with Crippen molar-refractivity contribution in [3.63, 3.8) is 0 Å². The number of piperidine rings is 1. The minimum absolute atomic E-state index is 0.00408. The van der Waals surface area contributed by atoms with Gasteiger partial charge < -0.3 is 9.64 Å². The van der Waals surface area contributed by atoms with Crippen LogP contribution in [-0.4, -0.2) is 65.8 Å². The molecule has 8 heteroatoms. The van der Waals surface area contributed by atoms with Crippen LogP contribution in [0.5, 0.6) is 0 Å². The third-order valence-corrected chi connectivity index (χ3v) is 8.96. The first kappa shape index (κ1) is 18.5. The van der Waals surface area contributed by atoms with E-state index in [0.717, 1.165) is 18.4 Å². The molecular formula is C20H27N3O4S. The smallest absolute Gasteiger partial charge is 0.282 e. The third kappa shape index (κ3) is 2.65. The van der Waals surface area contributed by atoms with Crippen molar-refractivity contribution in [2.75, 3.05) is 26.2 Å². The lowest BCUT2D eigenvalue weighted by atomic mass is 10.0. The largest absolute Gasteiger partial charge is 0.344 e. The van der Waals surface area contributed by atoms with Crippen molar-refractivity contribution in [2.45, 2.75) is 50.5 Å². The van der Waals surface area contributed by atoms with Crippen molar-refractivity contribution in [3.8, 4) is 0 Å². The van der Waals surface area contributed by atoms with E-state index in [9.17, 15) is 13.2 Å². The van der Waals surface area contributed by atoms with Gasteiger partial charge in [0, 0.05) is 32.5 Å². The highest BCUT2D eigenvalue weighted by molar-refractivity contribution is 7.86. The maximum atomic E-state index is 13.3. The number of ether oxygens (including phenoxy) is 1. The Morgan fingerprint density at radius 2 is 1.82 bits per heavy atom. The minimum atomic E-state index is -3.58. The van der Waals surface area contributed by atoms with E-state index >= 15 is 0 Å². The summed E-state index contributed by atoms with van der Waals surface area (Å²) in [6, 6.07) is 9.44. The SMILES string of the molecule is CC1CCN(S(=O)(=O)N2CC[C@@]34O[C@@H](c5ccccc5)CN3C(=O)C[C@@H]24)CC1. The zero-order chi connectivity index (χ0) is 19.5. The summed E-state index contributed by atoms with van der Waals surface area (Å²) in [5.74, 6) is 0.556. The lowest BCUT2D eigenvalue weighted by Crippen LogP contribution is -2.53. The van der Waals surface area contributed by atoms with E-state index in [4.69, 9.17) is 4.74 Å². The number of hydrogen-bond acceptors (Lipinski definition) is 4. The summed E-state index contributed by atoms with van der Waals surface area (Å²) in [5, 5.41) is 0.